The second-order valence-electron chi connectivity index (χ2n) is 5.03. The van der Waals surface area contributed by atoms with Crippen molar-refractivity contribution < 1.29 is 4.74 Å². The maximum atomic E-state index is 5.67. The van der Waals surface area contributed by atoms with Crippen LogP contribution in [0.1, 0.15) is 30.4 Å². The molecule has 2 nitrogen and oxygen atoms in total. The molecule has 1 aliphatic rings. The molecule has 0 atom stereocenters. The Morgan fingerprint density at radius 2 is 2.12 bits per heavy atom. The van der Waals surface area contributed by atoms with Crippen molar-refractivity contribution in [3.05, 3.63) is 29.3 Å². The molecule has 2 N–H and O–H groups in total. The molecule has 0 aliphatic heterocycles. The first-order valence-electron chi connectivity index (χ1n) is 6.03. The summed E-state index contributed by atoms with van der Waals surface area (Å²) in [5.41, 5.74) is 8.74. The van der Waals surface area contributed by atoms with E-state index in [0.717, 1.165) is 25.1 Å². The summed E-state index contributed by atoms with van der Waals surface area (Å²) < 4.78 is 5.45. The third-order valence-corrected chi connectivity index (χ3v) is 3.64. The predicted octanol–water partition coefficient (Wildman–Crippen LogP) is 2.68. The van der Waals surface area contributed by atoms with Crippen molar-refractivity contribution in [1.82, 2.24) is 0 Å². The van der Waals surface area contributed by atoms with E-state index in [4.69, 9.17) is 10.5 Å². The summed E-state index contributed by atoms with van der Waals surface area (Å²) in [5, 5.41) is 0. The Labute approximate surface area is 97.8 Å². The van der Waals surface area contributed by atoms with E-state index in [2.05, 4.69) is 25.1 Å². The Morgan fingerprint density at radius 1 is 1.38 bits per heavy atom. The van der Waals surface area contributed by atoms with Gasteiger partial charge < -0.3 is 10.5 Å². The molecule has 1 aromatic rings. The fourth-order valence-corrected chi connectivity index (χ4v) is 2.40. The van der Waals surface area contributed by atoms with Crippen molar-refractivity contribution in [3.63, 3.8) is 0 Å². The Bertz CT molecular complexity index is 369. The van der Waals surface area contributed by atoms with Gasteiger partial charge in [-0.25, -0.2) is 0 Å². The Balaban J connectivity index is 2.15. The first-order chi connectivity index (χ1) is 7.69. The summed E-state index contributed by atoms with van der Waals surface area (Å²) >= 11 is 0. The van der Waals surface area contributed by atoms with Crippen LogP contribution in [0.5, 0.6) is 5.75 Å². The van der Waals surface area contributed by atoms with Crippen LogP contribution in [-0.4, -0.2) is 13.7 Å². The van der Waals surface area contributed by atoms with Gasteiger partial charge >= 0.3 is 0 Å². The van der Waals surface area contributed by atoms with Crippen LogP contribution in [0.2, 0.25) is 0 Å². The van der Waals surface area contributed by atoms with Crippen molar-refractivity contribution in [2.24, 2.45) is 11.1 Å². The molecule has 1 aromatic carbocycles. The first-order valence-corrected chi connectivity index (χ1v) is 6.03. The SMILES string of the molecule is COc1cc(C)ccc1CC1(CCN)CC1. The van der Waals surface area contributed by atoms with Gasteiger partial charge in [-0.2, -0.15) is 0 Å². The van der Waals surface area contributed by atoms with Crippen molar-refractivity contribution in [1.29, 1.82) is 0 Å². The molecule has 0 amide bonds. The third-order valence-electron chi connectivity index (χ3n) is 3.64. The zero-order valence-corrected chi connectivity index (χ0v) is 10.3. The largest absolute Gasteiger partial charge is 0.496 e. The smallest absolute Gasteiger partial charge is 0.122 e. The maximum Gasteiger partial charge on any atom is 0.122 e. The lowest BCUT2D eigenvalue weighted by atomic mass is 9.92. The lowest BCUT2D eigenvalue weighted by molar-refractivity contribution is 0.397. The topological polar surface area (TPSA) is 35.2 Å². The van der Waals surface area contributed by atoms with Gasteiger partial charge in [-0.15, -0.1) is 0 Å². The number of rotatable bonds is 5. The summed E-state index contributed by atoms with van der Waals surface area (Å²) in [6.07, 6.45) is 4.90. The van der Waals surface area contributed by atoms with Gasteiger partial charge in [0.15, 0.2) is 0 Å². The maximum absolute atomic E-state index is 5.67. The van der Waals surface area contributed by atoms with Crippen LogP contribution < -0.4 is 10.5 Å². The number of methoxy groups -OCH3 is 1. The van der Waals surface area contributed by atoms with E-state index < -0.39 is 0 Å². The van der Waals surface area contributed by atoms with Gasteiger partial charge in [0.1, 0.15) is 5.75 Å². The summed E-state index contributed by atoms with van der Waals surface area (Å²) in [6, 6.07) is 6.48. The van der Waals surface area contributed by atoms with E-state index in [1.807, 2.05) is 0 Å². The second kappa shape index (κ2) is 4.46. The normalized spacial score (nSPS) is 17.2. The zero-order chi connectivity index (χ0) is 11.6. The number of hydrogen-bond donors (Lipinski definition) is 1. The average Bonchev–Trinajstić information content (AvgIpc) is 3.01. The molecule has 1 fully saturated rings. The number of benzene rings is 1. The van der Waals surface area contributed by atoms with Gasteiger partial charge in [0, 0.05) is 0 Å². The van der Waals surface area contributed by atoms with Crippen molar-refractivity contribution >= 4 is 0 Å². The van der Waals surface area contributed by atoms with Crippen molar-refractivity contribution in [2.45, 2.75) is 32.6 Å². The minimum Gasteiger partial charge on any atom is -0.496 e. The third kappa shape index (κ3) is 2.38. The second-order valence-corrected chi connectivity index (χ2v) is 5.03. The molecule has 0 bridgehead atoms. The summed E-state index contributed by atoms with van der Waals surface area (Å²) in [4.78, 5) is 0. The van der Waals surface area contributed by atoms with Gasteiger partial charge in [0.2, 0.25) is 0 Å². The van der Waals surface area contributed by atoms with Crippen LogP contribution in [0.3, 0.4) is 0 Å². The molecule has 1 aliphatic carbocycles. The highest BCUT2D eigenvalue weighted by molar-refractivity contribution is 5.38. The molecule has 0 radical (unpaired) electrons. The lowest BCUT2D eigenvalue weighted by Crippen LogP contribution is -2.12. The van der Waals surface area contributed by atoms with Gasteiger partial charge in [-0.05, 0) is 61.8 Å². The van der Waals surface area contributed by atoms with Crippen molar-refractivity contribution in [3.8, 4) is 5.75 Å². The molecule has 2 heteroatoms. The van der Waals surface area contributed by atoms with Crippen LogP contribution in [-0.2, 0) is 6.42 Å². The van der Waals surface area contributed by atoms with Gasteiger partial charge in [0.25, 0.3) is 0 Å². The highest BCUT2D eigenvalue weighted by Gasteiger charge is 2.41. The molecule has 0 aromatic heterocycles. The quantitative estimate of drug-likeness (QED) is 0.826. The summed E-state index contributed by atoms with van der Waals surface area (Å²) in [6.45, 7) is 2.90. The zero-order valence-electron chi connectivity index (χ0n) is 10.3. The molecule has 1 saturated carbocycles. The Kier molecular flexibility index (Phi) is 3.20. The number of hydrogen-bond acceptors (Lipinski definition) is 2. The molecule has 0 unspecified atom stereocenters. The van der Waals surface area contributed by atoms with E-state index in [9.17, 15) is 0 Å². The molecule has 0 saturated heterocycles. The van der Waals surface area contributed by atoms with Gasteiger partial charge in [-0.3, -0.25) is 0 Å². The van der Waals surface area contributed by atoms with E-state index in [1.54, 1.807) is 7.11 Å². The predicted molar refractivity (Wildman–Crippen MR) is 66.8 cm³/mol. The van der Waals surface area contributed by atoms with Crippen molar-refractivity contribution in [2.75, 3.05) is 13.7 Å². The monoisotopic (exact) mass is 219 g/mol. The highest BCUT2D eigenvalue weighted by Crippen LogP contribution is 2.51. The lowest BCUT2D eigenvalue weighted by Gasteiger charge is -2.16. The minimum atomic E-state index is 0.483. The molecule has 0 spiro atoms. The van der Waals surface area contributed by atoms with Crippen LogP contribution in [0, 0.1) is 12.3 Å². The Hall–Kier alpha value is -1.02. The summed E-state index contributed by atoms with van der Waals surface area (Å²) in [7, 11) is 1.75. The summed E-state index contributed by atoms with van der Waals surface area (Å²) in [5.74, 6) is 1.03. The number of ether oxygens (including phenoxy) is 1. The van der Waals surface area contributed by atoms with Crippen LogP contribution in [0.4, 0.5) is 0 Å². The Morgan fingerprint density at radius 3 is 2.69 bits per heavy atom. The molecular formula is C14H21NO. The highest BCUT2D eigenvalue weighted by atomic mass is 16.5. The van der Waals surface area contributed by atoms with Gasteiger partial charge in [-0.1, -0.05) is 12.1 Å². The number of nitrogens with two attached hydrogens (primary N) is 1. The molecule has 88 valence electrons. The van der Waals surface area contributed by atoms with E-state index in [1.165, 1.54) is 24.0 Å². The molecular weight excluding hydrogens is 198 g/mol. The first kappa shape index (κ1) is 11.5. The van der Waals surface area contributed by atoms with Crippen LogP contribution >= 0.6 is 0 Å². The van der Waals surface area contributed by atoms with Crippen LogP contribution in [0.15, 0.2) is 18.2 Å². The fraction of sp³-hybridized carbons (Fsp3) is 0.571. The van der Waals surface area contributed by atoms with E-state index >= 15 is 0 Å². The molecule has 0 heterocycles. The molecule has 16 heavy (non-hydrogen) atoms. The van der Waals surface area contributed by atoms with E-state index in [-0.39, 0.29) is 0 Å². The minimum absolute atomic E-state index is 0.483. The van der Waals surface area contributed by atoms with E-state index in [0.29, 0.717) is 5.41 Å². The standard InChI is InChI=1S/C14H21NO/c1-11-3-4-12(13(9-11)16-2)10-14(5-6-14)7-8-15/h3-4,9H,5-8,10,15H2,1-2H3. The van der Waals surface area contributed by atoms with Crippen LogP contribution in [0.25, 0.3) is 0 Å². The molecule has 2 rings (SSSR count). The van der Waals surface area contributed by atoms with Gasteiger partial charge in [0.05, 0.1) is 7.11 Å². The average molecular weight is 219 g/mol. The number of aryl methyl sites for hydroxylation is 1. The fourth-order valence-electron chi connectivity index (χ4n) is 2.40.